The highest BCUT2D eigenvalue weighted by atomic mass is 32.1. The van der Waals surface area contributed by atoms with Crippen LogP contribution in [0.15, 0.2) is 72.5 Å². The molecule has 9 rings (SSSR count). The van der Waals surface area contributed by atoms with E-state index in [1.165, 1.54) is 15.3 Å². The minimum absolute atomic E-state index is 0.0271. The van der Waals surface area contributed by atoms with Crippen LogP contribution in [-0.4, -0.2) is 95.8 Å². The number of phenolic OH excluding ortho intramolecular Hbond substituents is 1. The second kappa shape index (κ2) is 19.4. The Bertz CT molecular complexity index is 2740. The van der Waals surface area contributed by atoms with Crippen LogP contribution in [0.1, 0.15) is 105 Å². The van der Waals surface area contributed by atoms with Gasteiger partial charge in [0, 0.05) is 66.7 Å². The Balaban J connectivity index is 0.759. The fourth-order valence-electron chi connectivity index (χ4n) is 10.0. The van der Waals surface area contributed by atoms with Gasteiger partial charge in [0.15, 0.2) is 0 Å². The van der Waals surface area contributed by atoms with Gasteiger partial charge in [0.2, 0.25) is 23.7 Å². The topological polar surface area (TPSA) is 187 Å². The van der Waals surface area contributed by atoms with E-state index in [0.29, 0.717) is 30.0 Å². The standard InChI is InChI=1S/C51H59N9O5S2/c1-29-39-23-40(38-8-6-7-9-42(38)62)57-58-48(39)67-43(29)34-18-20-59(21-19-34)50-53-25-36(26-54-50)32-14-16-35(17-15-32)46(63)56-45(51(3,4)5)49(65)60-27-37(61)22-41(60)47(64)52-24-31-10-12-33(13-11-31)44-30(2)55-28-66-44/h6-13,23,25-26,28,32,34-35,37,41,45,61-62H,14-22,24,27H2,1-5H3,(H,52,64)(H,56,63)/t32?,35?,37-,41+,45-/m1/s1. The Morgan fingerprint density at radius 3 is 2.27 bits per heavy atom. The molecule has 3 atom stereocenters. The summed E-state index contributed by atoms with van der Waals surface area (Å²) in [5.74, 6) is 0.473. The van der Waals surface area contributed by atoms with Crippen LogP contribution in [0.5, 0.6) is 5.75 Å². The molecular formula is C51H59N9O5S2. The number of piperidine rings is 1. The van der Waals surface area contributed by atoms with Crippen LogP contribution in [-0.2, 0) is 20.9 Å². The zero-order valence-corrected chi connectivity index (χ0v) is 40.4. The fraction of sp³-hybridized carbons (Fsp3) is 0.451. The first kappa shape index (κ1) is 46.3. The molecule has 2 saturated heterocycles. The van der Waals surface area contributed by atoms with E-state index < -0.39 is 23.6 Å². The number of thiophene rings is 1. The van der Waals surface area contributed by atoms with Gasteiger partial charge in [0.05, 0.1) is 27.9 Å². The number of hydrogen-bond acceptors (Lipinski definition) is 13. The van der Waals surface area contributed by atoms with E-state index in [1.807, 2.05) is 88.1 Å². The van der Waals surface area contributed by atoms with Crippen molar-refractivity contribution in [1.29, 1.82) is 0 Å². The molecule has 4 N–H and O–H groups in total. The molecule has 0 radical (unpaired) electrons. The average molecular weight is 942 g/mol. The molecule has 3 amide bonds. The lowest BCUT2D eigenvalue weighted by atomic mass is 9.78. The molecule has 14 nitrogen and oxygen atoms in total. The summed E-state index contributed by atoms with van der Waals surface area (Å²) in [7, 11) is 0. The number of nitrogens with one attached hydrogen (secondary N) is 2. The van der Waals surface area contributed by atoms with E-state index in [9.17, 15) is 24.6 Å². The molecule has 0 spiro atoms. The van der Waals surface area contributed by atoms with Crippen LogP contribution in [0.25, 0.3) is 31.9 Å². The first-order chi connectivity index (χ1) is 32.2. The lowest BCUT2D eigenvalue weighted by Gasteiger charge is -2.37. The van der Waals surface area contributed by atoms with Gasteiger partial charge < -0.3 is 30.6 Å². The normalized spacial score (nSPS) is 20.8. The number of aromatic nitrogens is 5. The molecule has 1 aliphatic carbocycles. The maximum absolute atomic E-state index is 14.3. The lowest BCUT2D eigenvalue weighted by molar-refractivity contribution is -0.144. The summed E-state index contributed by atoms with van der Waals surface area (Å²) in [6.07, 6.45) is 8.11. The molecule has 16 heteroatoms. The van der Waals surface area contributed by atoms with Crippen LogP contribution >= 0.6 is 22.7 Å². The van der Waals surface area contributed by atoms with E-state index in [1.54, 1.807) is 34.8 Å². The zero-order chi connectivity index (χ0) is 47.0. The molecular weight excluding hydrogens is 883 g/mol. The average Bonchev–Trinajstić information content (AvgIpc) is 4.05. The quantitative estimate of drug-likeness (QED) is 0.0985. The third kappa shape index (κ3) is 9.93. The number of phenols is 1. The van der Waals surface area contributed by atoms with Gasteiger partial charge >= 0.3 is 0 Å². The zero-order valence-electron chi connectivity index (χ0n) is 38.7. The number of fused-ring (bicyclic) bond motifs is 1. The molecule has 2 aromatic carbocycles. The SMILES string of the molecule is Cc1ncsc1-c1ccc(CNC(=O)[C@@H]2C[C@@H](O)CN2C(=O)[C@@H](NC(=O)C2CCC(c3cnc(N4CCC(c5sc6nnc(-c7ccccc7O)cc6c5C)CC4)nc3)CC2)C(C)(C)C)cc1. The van der Waals surface area contributed by atoms with Crippen molar-refractivity contribution in [3.05, 3.63) is 99.8 Å². The molecule has 2 aliphatic heterocycles. The van der Waals surface area contributed by atoms with Crippen LogP contribution < -0.4 is 15.5 Å². The largest absolute Gasteiger partial charge is 0.507 e. The summed E-state index contributed by atoms with van der Waals surface area (Å²) < 4.78 is 0. The van der Waals surface area contributed by atoms with Gasteiger partial charge in [-0.2, -0.15) is 0 Å². The highest BCUT2D eigenvalue weighted by Crippen LogP contribution is 2.42. The summed E-state index contributed by atoms with van der Waals surface area (Å²) in [5.41, 5.74) is 7.79. The summed E-state index contributed by atoms with van der Waals surface area (Å²) in [6, 6.07) is 15.5. The Morgan fingerprint density at radius 1 is 0.881 bits per heavy atom. The highest BCUT2D eigenvalue weighted by Gasteiger charge is 2.45. The molecule has 6 aromatic rings. The van der Waals surface area contributed by atoms with Crippen LogP contribution in [0.3, 0.4) is 0 Å². The van der Waals surface area contributed by atoms with Crippen molar-refractivity contribution < 1.29 is 24.6 Å². The third-order valence-electron chi connectivity index (χ3n) is 14.0. The Kier molecular flexibility index (Phi) is 13.4. The molecule has 6 heterocycles. The number of thiazole rings is 1. The minimum Gasteiger partial charge on any atom is -0.507 e. The number of aliphatic hydroxyl groups is 1. The number of para-hydroxylation sites is 1. The van der Waals surface area contributed by atoms with Crippen LogP contribution in [0.2, 0.25) is 0 Å². The van der Waals surface area contributed by atoms with E-state index in [2.05, 4.69) is 37.6 Å². The van der Waals surface area contributed by atoms with E-state index in [-0.39, 0.29) is 54.8 Å². The summed E-state index contributed by atoms with van der Waals surface area (Å²) in [6.45, 7) is 11.9. The lowest BCUT2D eigenvalue weighted by Crippen LogP contribution is -2.58. The molecule has 3 aliphatic rings. The number of carbonyl (C=O) groups is 3. The highest BCUT2D eigenvalue weighted by molar-refractivity contribution is 7.19. The van der Waals surface area contributed by atoms with Gasteiger partial charge in [-0.15, -0.1) is 32.9 Å². The molecule has 0 unspecified atom stereocenters. The molecule has 1 saturated carbocycles. The smallest absolute Gasteiger partial charge is 0.246 e. The van der Waals surface area contributed by atoms with E-state index in [4.69, 9.17) is 9.97 Å². The number of aromatic hydroxyl groups is 1. The second-order valence-electron chi connectivity index (χ2n) is 19.6. The van der Waals surface area contributed by atoms with E-state index in [0.717, 1.165) is 82.2 Å². The van der Waals surface area contributed by atoms with Crippen LogP contribution in [0.4, 0.5) is 5.95 Å². The number of likely N-dealkylation sites (tertiary alicyclic amines) is 1. The molecule has 4 aromatic heterocycles. The predicted molar refractivity (Wildman–Crippen MR) is 262 cm³/mol. The number of rotatable bonds is 11. The number of aryl methyl sites for hydroxylation is 2. The van der Waals surface area contributed by atoms with Gasteiger partial charge in [-0.3, -0.25) is 14.4 Å². The maximum Gasteiger partial charge on any atom is 0.246 e. The molecule has 0 bridgehead atoms. The number of benzene rings is 2. The van der Waals surface area contributed by atoms with Gasteiger partial charge in [-0.25, -0.2) is 15.0 Å². The summed E-state index contributed by atoms with van der Waals surface area (Å²) in [4.78, 5) is 62.8. The van der Waals surface area contributed by atoms with Gasteiger partial charge in [0.25, 0.3) is 0 Å². The number of anilines is 1. The summed E-state index contributed by atoms with van der Waals surface area (Å²) in [5, 5.41) is 37.2. The van der Waals surface area contributed by atoms with Crippen molar-refractivity contribution in [3.8, 4) is 27.4 Å². The van der Waals surface area contributed by atoms with Crippen molar-refractivity contribution in [1.82, 2.24) is 40.7 Å². The van der Waals surface area contributed by atoms with Crippen molar-refractivity contribution in [3.63, 3.8) is 0 Å². The van der Waals surface area contributed by atoms with Gasteiger partial charge in [-0.05, 0) is 110 Å². The first-order valence-electron chi connectivity index (χ1n) is 23.4. The molecule has 350 valence electrons. The Labute approximate surface area is 399 Å². The van der Waals surface area contributed by atoms with Crippen molar-refractivity contribution >= 4 is 56.6 Å². The van der Waals surface area contributed by atoms with Gasteiger partial charge in [-0.1, -0.05) is 57.2 Å². The maximum atomic E-state index is 14.3. The number of nitrogens with zero attached hydrogens (tertiary/aromatic N) is 7. The van der Waals surface area contributed by atoms with Crippen LogP contribution in [0, 0.1) is 25.2 Å². The Morgan fingerprint density at radius 2 is 1.60 bits per heavy atom. The number of aliphatic hydroxyl groups excluding tert-OH is 1. The number of carbonyl (C=O) groups excluding carboxylic acids is 3. The summed E-state index contributed by atoms with van der Waals surface area (Å²) >= 11 is 3.30. The molecule has 67 heavy (non-hydrogen) atoms. The minimum atomic E-state index is -0.875. The predicted octanol–water partition coefficient (Wildman–Crippen LogP) is 8.06. The fourth-order valence-corrected chi connectivity index (χ4v) is 12.1. The number of β-amino-alcohol motifs (C(OH)–C–C–N with tert-alkyl or cyclic N) is 1. The third-order valence-corrected chi connectivity index (χ3v) is 16.3. The van der Waals surface area contributed by atoms with Crippen molar-refractivity contribution in [2.75, 3.05) is 24.5 Å². The van der Waals surface area contributed by atoms with E-state index >= 15 is 0 Å². The monoisotopic (exact) mass is 941 g/mol. The van der Waals surface area contributed by atoms with Crippen molar-refractivity contribution in [2.24, 2.45) is 11.3 Å². The van der Waals surface area contributed by atoms with Gasteiger partial charge in [0.1, 0.15) is 22.7 Å². The second-order valence-corrected chi connectivity index (χ2v) is 21.5. The molecule has 3 fully saturated rings. The number of hydrogen-bond donors (Lipinski definition) is 4. The van der Waals surface area contributed by atoms with Crippen molar-refractivity contribution in [2.45, 2.75) is 116 Å². The first-order valence-corrected chi connectivity index (χ1v) is 25.1. The Hall–Kier alpha value is -5.84. The number of amides is 3.